The zero-order valence-corrected chi connectivity index (χ0v) is 16.8. The molecule has 0 aliphatic carbocycles. The summed E-state index contributed by atoms with van der Waals surface area (Å²) in [5, 5.41) is 16.7. The van der Waals surface area contributed by atoms with Crippen LogP contribution in [0.5, 0.6) is 0 Å². The number of furan rings is 1. The van der Waals surface area contributed by atoms with Crippen LogP contribution >= 0.6 is 15.9 Å². The van der Waals surface area contributed by atoms with Crippen LogP contribution < -0.4 is 5.01 Å². The van der Waals surface area contributed by atoms with Crippen molar-refractivity contribution in [2.24, 2.45) is 5.10 Å². The second-order valence-corrected chi connectivity index (χ2v) is 7.26. The van der Waals surface area contributed by atoms with Crippen LogP contribution in [0.1, 0.15) is 12.7 Å². The molecule has 0 saturated carbocycles. The smallest absolute Gasteiger partial charge is 0.280 e. The monoisotopic (exact) mass is 451 g/mol. The number of hydrazone groups is 1. The first kappa shape index (κ1) is 18.8. The number of carbonyl (C=O) groups is 1. The van der Waals surface area contributed by atoms with Crippen LogP contribution in [0.3, 0.4) is 0 Å². The Hall–Kier alpha value is -3.52. The lowest BCUT2D eigenvalue weighted by atomic mass is 10.1. The zero-order valence-electron chi connectivity index (χ0n) is 15.2. The lowest BCUT2D eigenvalue weighted by molar-refractivity contribution is -0.384. The van der Waals surface area contributed by atoms with E-state index in [4.69, 9.17) is 4.42 Å². The topological polar surface area (TPSA) is 89.0 Å². The third-order valence-corrected chi connectivity index (χ3v) is 4.92. The van der Waals surface area contributed by atoms with Crippen molar-refractivity contribution in [2.45, 2.75) is 6.92 Å². The van der Waals surface area contributed by atoms with Gasteiger partial charge in [-0.2, -0.15) is 10.1 Å². The van der Waals surface area contributed by atoms with Crippen molar-refractivity contribution in [1.82, 2.24) is 0 Å². The highest BCUT2D eigenvalue weighted by Crippen LogP contribution is 2.29. The molecule has 0 spiro atoms. The van der Waals surface area contributed by atoms with Crippen LogP contribution in [0.2, 0.25) is 0 Å². The Balaban J connectivity index is 1.61. The molecule has 0 radical (unpaired) electrons. The first-order valence-corrected chi connectivity index (χ1v) is 9.43. The van der Waals surface area contributed by atoms with Crippen molar-refractivity contribution >= 4 is 45.0 Å². The Bertz CT molecular complexity index is 1180. The summed E-state index contributed by atoms with van der Waals surface area (Å²) in [7, 11) is 0. The van der Waals surface area contributed by atoms with Gasteiger partial charge in [-0.25, -0.2) is 0 Å². The van der Waals surface area contributed by atoms with Crippen LogP contribution in [0.25, 0.3) is 17.4 Å². The SMILES string of the molecule is CC1=NN(c2ccc(Br)cc2)C(=O)/C1=C/c1ccc(-c2cccc([N+](=O)[O-])c2)o1. The van der Waals surface area contributed by atoms with Gasteiger partial charge in [0.15, 0.2) is 0 Å². The molecule has 1 amide bonds. The molecule has 0 bridgehead atoms. The standard InChI is InChI=1S/C21H14BrN3O4/c1-13-19(21(26)24(23-13)16-7-5-15(22)6-8-16)12-18-9-10-20(29-18)14-3-2-4-17(11-14)25(27)28/h2-12H,1H3/b19-12+. The number of carbonyl (C=O) groups excluding carboxylic acids is 1. The van der Waals surface area contributed by atoms with E-state index in [9.17, 15) is 14.9 Å². The molecule has 144 valence electrons. The Morgan fingerprint density at radius 1 is 1.14 bits per heavy atom. The number of rotatable bonds is 4. The van der Waals surface area contributed by atoms with Gasteiger partial charge in [-0.15, -0.1) is 0 Å². The highest BCUT2D eigenvalue weighted by Gasteiger charge is 2.29. The number of hydrogen-bond acceptors (Lipinski definition) is 5. The van der Waals surface area contributed by atoms with Crippen LogP contribution in [-0.4, -0.2) is 16.5 Å². The van der Waals surface area contributed by atoms with E-state index in [-0.39, 0.29) is 11.6 Å². The summed E-state index contributed by atoms with van der Waals surface area (Å²) in [6.07, 6.45) is 1.63. The van der Waals surface area contributed by atoms with Crippen molar-refractivity contribution < 1.29 is 14.1 Å². The summed E-state index contributed by atoms with van der Waals surface area (Å²) in [5.41, 5.74) is 2.23. The Labute approximate surface area is 174 Å². The number of benzene rings is 2. The van der Waals surface area contributed by atoms with Gasteiger partial charge in [0.2, 0.25) is 0 Å². The van der Waals surface area contributed by atoms with Gasteiger partial charge in [-0.3, -0.25) is 14.9 Å². The van der Waals surface area contributed by atoms with Crippen molar-refractivity contribution in [3.63, 3.8) is 0 Å². The molecule has 0 atom stereocenters. The molecule has 0 fully saturated rings. The van der Waals surface area contributed by atoms with Crippen molar-refractivity contribution in [1.29, 1.82) is 0 Å². The minimum absolute atomic E-state index is 0.0158. The first-order chi connectivity index (χ1) is 13.9. The maximum Gasteiger partial charge on any atom is 0.280 e. The number of nitro benzene ring substituents is 1. The predicted octanol–water partition coefficient (Wildman–Crippen LogP) is 5.42. The van der Waals surface area contributed by atoms with Crippen LogP contribution in [-0.2, 0) is 4.79 Å². The van der Waals surface area contributed by atoms with Gasteiger partial charge in [0, 0.05) is 22.2 Å². The minimum atomic E-state index is -0.455. The van der Waals surface area contributed by atoms with E-state index < -0.39 is 4.92 Å². The number of anilines is 1. The zero-order chi connectivity index (χ0) is 20.5. The van der Waals surface area contributed by atoms with E-state index in [0.29, 0.717) is 34.1 Å². The maximum atomic E-state index is 12.8. The van der Waals surface area contributed by atoms with Crippen molar-refractivity contribution in [3.05, 3.63) is 86.6 Å². The number of non-ortho nitro benzene ring substituents is 1. The summed E-state index contributed by atoms with van der Waals surface area (Å²) >= 11 is 3.37. The lowest BCUT2D eigenvalue weighted by Gasteiger charge is -2.11. The third kappa shape index (κ3) is 3.74. The molecule has 8 heteroatoms. The largest absolute Gasteiger partial charge is 0.457 e. The molecule has 0 saturated heterocycles. The van der Waals surface area contributed by atoms with Crippen molar-refractivity contribution in [2.75, 3.05) is 5.01 Å². The summed E-state index contributed by atoms with van der Waals surface area (Å²) in [6.45, 7) is 1.76. The maximum absolute atomic E-state index is 12.8. The number of nitrogens with zero attached hydrogens (tertiary/aromatic N) is 3. The molecule has 2 heterocycles. The van der Waals surface area contributed by atoms with Gasteiger partial charge >= 0.3 is 0 Å². The van der Waals surface area contributed by atoms with E-state index in [1.54, 1.807) is 49.4 Å². The second-order valence-electron chi connectivity index (χ2n) is 6.35. The average molecular weight is 452 g/mol. The fourth-order valence-electron chi connectivity index (χ4n) is 2.94. The molecule has 3 aromatic rings. The molecular formula is C21H14BrN3O4. The molecule has 4 rings (SSSR count). The first-order valence-electron chi connectivity index (χ1n) is 8.64. The lowest BCUT2D eigenvalue weighted by Crippen LogP contribution is -2.21. The van der Waals surface area contributed by atoms with Crippen LogP contribution in [0.15, 0.2) is 80.2 Å². The summed E-state index contributed by atoms with van der Waals surface area (Å²) < 4.78 is 6.70. The number of nitro groups is 1. The third-order valence-electron chi connectivity index (χ3n) is 4.39. The van der Waals surface area contributed by atoms with Gasteiger partial charge in [-0.1, -0.05) is 28.1 Å². The quantitative estimate of drug-likeness (QED) is 0.300. The number of hydrogen-bond donors (Lipinski definition) is 0. The van der Waals surface area contributed by atoms with Crippen LogP contribution in [0, 0.1) is 10.1 Å². The molecule has 0 N–H and O–H groups in total. The van der Waals surface area contributed by atoms with Crippen molar-refractivity contribution in [3.8, 4) is 11.3 Å². The Kier molecular flexibility index (Phi) is 4.85. The fraction of sp³-hybridized carbons (Fsp3) is 0.0476. The molecule has 2 aromatic carbocycles. The molecule has 1 aliphatic rings. The highest BCUT2D eigenvalue weighted by atomic mass is 79.9. The minimum Gasteiger partial charge on any atom is -0.457 e. The molecule has 29 heavy (non-hydrogen) atoms. The summed E-state index contributed by atoms with van der Waals surface area (Å²) in [4.78, 5) is 23.3. The van der Waals surface area contributed by atoms with Gasteiger partial charge in [0.25, 0.3) is 11.6 Å². The second kappa shape index (κ2) is 7.48. The molecule has 0 unspecified atom stereocenters. The number of halogens is 1. The molecule has 7 nitrogen and oxygen atoms in total. The van der Waals surface area contributed by atoms with E-state index in [0.717, 1.165) is 4.47 Å². The highest BCUT2D eigenvalue weighted by molar-refractivity contribution is 9.10. The van der Waals surface area contributed by atoms with Gasteiger partial charge in [0.1, 0.15) is 11.5 Å². The Morgan fingerprint density at radius 2 is 1.90 bits per heavy atom. The van der Waals surface area contributed by atoms with Gasteiger partial charge in [-0.05, 0) is 49.4 Å². The number of amides is 1. The van der Waals surface area contributed by atoms with E-state index in [1.165, 1.54) is 17.1 Å². The molecule has 1 aliphatic heterocycles. The normalized spacial score (nSPS) is 15.1. The average Bonchev–Trinajstić information content (AvgIpc) is 3.29. The van der Waals surface area contributed by atoms with E-state index in [2.05, 4.69) is 21.0 Å². The van der Waals surface area contributed by atoms with Crippen LogP contribution in [0.4, 0.5) is 11.4 Å². The van der Waals surface area contributed by atoms with Gasteiger partial charge in [0.05, 0.1) is 21.9 Å². The Morgan fingerprint density at radius 3 is 2.62 bits per heavy atom. The van der Waals surface area contributed by atoms with Gasteiger partial charge < -0.3 is 4.42 Å². The van der Waals surface area contributed by atoms with E-state index >= 15 is 0 Å². The molecule has 1 aromatic heterocycles. The summed E-state index contributed by atoms with van der Waals surface area (Å²) in [5.74, 6) is 0.686. The predicted molar refractivity (Wildman–Crippen MR) is 114 cm³/mol. The summed E-state index contributed by atoms with van der Waals surface area (Å²) in [6, 6.07) is 16.9. The molecular weight excluding hydrogens is 438 g/mol. The van der Waals surface area contributed by atoms with E-state index in [1.807, 2.05) is 12.1 Å². The fourth-order valence-corrected chi connectivity index (χ4v) is 3.21.